The summed E-state index contributed by atoms with van der Waals surface area (Å²) in [7, 11) is -0.846. The highest BCUT2D eigenvalue weighted by Gasteiger charge is 2.24. The van der Waals surface area contributed by atoms with Crippen LogP contribution in [0.4, 0.5) is 0 Å². The number of nitrogens with zero attached hydrogens (tertiary/aromatic N) is 2. The molecule has 1 saturated heterocycles. The van der Waals surface area contributed by atoms with Crippen molar-refractivity contribution < 1.29 is 8.95 Å². The molecule has 1 N–H and O–H groups in total. The van der Waals surface area contributed by atoms with Gasteiger partial charge in [0.15, 0.2) is 5.96 Å². The Bertz CT molecular complexity index is 462. The van der Waals surface area contributed by atoms with Crippen LogP contribution in [0.5, 0.6) is 0 Å². The van der Waals surface area contributed by atoms with Gasteiger partial charge in [-0.2, -0.15) is 0 Å². The van der Waals surface area contributed by atoms with Crippen molar-refractivity contribution in [3.63, 3.8) is 0 Å². The lowest BCUT2D eigenvalue weighted by Gasteiger charge is -2.34. The highest BCUT2D eigenvalue weighted by molar-refractivity contribution is 7.86. The maximum absolute atomic E-state index is 12.2. The molecule has 0 amide bonds. The molecular formula is C20H39N3O2S. The second kappa shape index (κ2) is 10.6. The third-order valence-corrected chi connectivity index (χ3v) is 7.26. The topological polar surface area (TPSA) is 53.9 Å². The van der Waals surface area contributed by atoms with Gasteiger partial charge in [0.1, 0.15) is 0 Å². The monoisotopic (exact) mass is 385 g/mol. The van der Waals surface area contributed by atoms with Gasteiger partial charge in [-0.25, -0.2) is 0 Å². The fourth-order valence-corrected chi connectivity index (χ4v) is 4.52. The second-order valence-electron chi connectivity index (χ2n) is 8.57. The van der Waals surface area contributed by atoms with E-state index in [2.05, 4.69) is 17.1 Å². The summed E-state index contributed by atoms with van der Waals surface area (Å²) in [4.78, 5) is 7.05. The molecule has 0 aromatic carbocycles. The van der Waals surface area contributed by atoms with Crippen LogP contribution in [-0.4, -0.2) is 64.5 Å². The summed E-state index contributed by atoms with van der Waals surface area (Å²) in [5.41, 5.74) is 0. The third kappa shape index (κ3) is 7.18. The van der Waals surface area contributed by atoms with Crippen LogP contribution in [-0.2, 0) is 15.5 Å². The largest absolute Gasteiger partial charge is 0.378 e. The van der Waals surface area contributed by atoms with Crippen LogP contribution in [0.25, 0.3) is 0 Å². The third-order valence-electron chi connectivity index (χ3n) is 5.34. The van der Waals surface area contributed by atoms with Gasteiger partial charge in [-0.15, -0.1) is 0 Å². The predicted molar refractivity (Wildman–Crippen MR) is 111 cm³/mol. The van der Waals surface area contributed by atoms with Crippen LogP contribution in [0.2, 0.25) is 0 Å². The summed E-state index contributed by atoms with van der Waals surface area (Å²) < 4.78 is 18.2. The van der Waals surface area contributed by atoms with Gasteiger partial charge in [-0.05, 0) is 59.3 Å². The lowest BCUT2D eigenvalue weighted by atomic mass is 10.1. The van der Waals surface area contributed by atoms with Gasteiger partial charge in [0.2, 0.25) is 0 Å². The predicted octanol–water partition coefficient (Wildman–Crippen LogP) is 3.17. The maximum atomic E-state index is 12.2. The number of aliphatic imine (C=N–C) groups is 1. The zero-order chi connectivity index (χ0) is 19.0. The molecule has 152 valence electrons. The molecule has 1 saturated carbocycles. The molecule has 2 fully saturated rings. The molecule has 1 atom stereocenters. The molecule has 1 unspecified atom stereocenters. The van der Waals surface area contributed by atoms with Gasteiger partial charge in [0.25, 0.3) is 0 Å². The van der Waals surface area contributed by atoms with E-state index in [9.17, 15) is 4.21 Å². The molecule has 1 heterocycles. The quantitative estimate of drug-likeness (QED) is 0.540. The summed E-state index contributed by atoms with van der Waals surface area (Å²) >= 11 is 0. The van der Waals surface area contributed by atoms with Crippen LogP contribution >= 0.6 is 0 Å². The molecule has 0 bridgehead atoms. The van der Waals surface area contributed by atoms with Crippen LogP contribution in [0, 0.1) is 5.92 Å². The van der Waals surface area contributed by atoms with E-state index in [0.29, 0.717) is 18.4 Å². The second-order valence-corrected chi connectivity index (χ2v) is 10.9. The van der Waals surface area contributed by atoms with Crippen molar-refractivity contribution >= 4 is 16.8 Å². The molecule has 0 spiro atoms. The van der Waals surface area contributed by atoms with Crippen molar-refractivity contribution in [2.75, 3.05) is 38.5 Å². The van der Waals surface area contributed by atoms with E-state index >= 15 is 0 Å². The zero-order valence-corrected chi connectivity index (χ0v) is 18.1. The molecule has 2 aliphatic rings. The van der Waals surface area contributed by atoms with E-state index in [1.54, 1.807) is 0 Å². The van der Waals surface area contributed by atoms with E-state index in [0.717, 1.165) is 51.0 Å². The van der Waals surface area contributed by atoms with Gasteiger partial charge in [0.05, 0.1) is 12.6 Å². The molecular weight excluding hydrogens is 346 g/mol. The summed E-state index contributed by atoms with van der Waals surface area (Å²) in [6.07, 6.45) is 8.03. The standard InChI is InChI=1S/C20H39N3O2S/c1-5-21-19(22-12-15-26(24)20(2,3)4)23-13-10-18(11-14-23)25-16-17-8-6-7-9-17/h17-18H,5-16H2,1-4H3,(H,21,22). The molecule has 0 aromatic heterocycles. The molecule has 2 rings (SSSR count). The summed E-state index contributed by atoms with van der Waals surface area (Å²) in [5.74, 6) is 2.39. The van der Waals surface area contributed by atoms with Gasteiger partial charge in [-0.3, -0.25) is 9.20 Å². The number of guanidine groups is 1. The molecule has 0 radical (unpaired) electrons. The molecule has 1 aliphatic carbocycles. The molecule has 26 heavy (non-hydrogen) atoms. The van der Waals surface area contributed by atoms with Gasteiger partial charge < -0.3 is 15.0 Å². The van der Waals surface area contributed by atoms with E-state index in [1.165, 1.54) is 25.7 Å². The van der Waals surface area contributed by atoms with Crippen LogP contribution in [0.1, 0.15) is 66.2 Å². The number of hydrogen-bond donors (Lipinski definition) is 1. The first-order valence-electron chi connectivity index (χ1n) is 10.4. The lowest BCUT2D eigenvalue weighted by molar-refractivity contribution is 0.00102. The highest BCUT2D eigenvalue weighted by atomic mass is 32.2. The average molecular weight is 386 g/mol. The van der Waals surface area contributed by atoms with Crippen molar-refractivity contribution in [3.8, 4) is 0 Å². The van der Waals surface area contributed by atoms with Crippen LogP contribution in [0.15, 0.2) is 4.99 Å². The van der Waals surface area contributed by atoms with Crippen molar-refractivity contribution in [3.05, 3.63) is 0 Å². The Morgan fingerprint density at radius 3 is 2.42 bits per heavy atom. The van der Waals surface area contributed by atoms with Crippen molar-refractivity contribution in [2.24, 2.45) is 10.9 Å². The Morgan fingerprint density at radius 2 is 1.85 bits per heavy atom. The Labute approximate surface area is 162 Å². The minimum absolute atomic E-state index is 0.164. The average Bonchev–Trinajstić information content (AvgIpc) is 3.12. The lowest BCUT2D eigenvalue weighted by Crippen LogP contribution is -2.47. The molecule has 5 nitrogen and oxygen atoms in total. The Balaban J connectivity index is 1.75. The first kappa shape index (κ1) is 21.7. The van der Waals surface area contributed by atoms with Gasteiger partial charge in [0, 0.05) is 47.5 Å². The Kier molecular flexibility index (Phi) is 8.88. The minimum Gasteiger partial charge on any atom is -0.378 e. The van der Waals surface area contributed by atoms with Crippen LogP contribution < -0.4 is 5.32 Å². The summed E-state index contributed by atoms with van der Waals surface area (Å²) in [6.45, 7) is 12.6. The van der Waals surface area contributed by atoms with E-state index in [1.807, 2.05) is 20.8 Å². The van der Waals surface area contributed by atoms with E-state index in [-0.39, 0.29) is 4.75 Å². The van der Waals surface area contributed by atoms with Gasteiger partial charge >= 0.3 is 0 Å². The first-order chi connectivity index (χ1) is 12.4. The summed E-state index contributed by atoms with van der Waals surface area (Å²) in [6, 6.07) is 0. The SMILES string of the molecule is CCNC(=NCCS(=O)C(C)(C)C)N1CCC(OCC2CCCC2)CC1. The minimum atomic E-state index is -0.846. The van der Waals surface area contributed by atoms with Gasteiger partial charge in [-0.1, -0.05) is 12.8 Å². The number of likely N-dealkylation sites (tertiary alicyclic amines) is 1. The fraction of sp³-hybridized carbons (Fsp3) is 0.950. The number of rotatable bonds is 7. The fourth-order valence-electron chi connectivity index (χ4n) is 3.65. The molecule has 6 heteroatoms. The van der Waals surface area contributed by atoms with Crippen molar-refractivity contribution in [1.82, 2.24) is 10.2 Å². The van der Waals surface area contributed by atoms with Crippen molar-refractivity contribution in [2.45, 2.75) is 77.1 Å². The van der Waals surface area contributed by atoms with E-state index in [4.69, 9.17) is 9.73 Å². The van der Waals surface area contributed by atoms with Crippen LogP contribution in [0.3, 0.4) is 0 Å². The smallest absolute Gasteiger partial charge is 0.193 e. The Hall–Kier alpha value is -0.620. The normalized spacial score (nSPS) is 22.0. The first-order valence-corrected chi connectivity index (χ1v) is 11.8. The number of nitrogens with one attached hydrogen (secondary N) is 1. The van der Waals surface area contributed by atoms with Crippen molar-refractivity contribution in [1.29, 1.82) is 0 Å². The number of piperidine rings is 1. The molecule has 0 aromatic rings. The number of ether oxygens (including phenoxy) is 1. The highest BCUT2D eigenvalue weighted by Crippen LogP contribution is 2.26. The Morgan fingerprint density at radius 1 is 1.19 bits per heavy atom. The van der Waals surface area contributed by atoms with E-state index < -0.39 is 10.8 Å². The zero-order valence-electron chi connectivity index (χ0n) is 17.3. The number of hydrogen-bond acceptors (Lipinski definition) is 3. The maximum Gasteiger partial charge on any atom is 0.193 e. The molecule has 1 aliphatic heterocycles. The summed E-state index contributed by atoms with van der Waals surface area (Å²) in [5, 5.41) is 3.39.